The van der Waals surface area contributed by atoms with Gasteiger partial charge in [0.2, 0.25) is 11.4 Å². The molecule has 0 aliphatic carbocycles. The molecule has 0 bridgehead atoms. The Labute approximate surface area is 334 Å². The molecule has 284 valence electrons. The minimum Gasteiger partial charge on any atom is -0.418 e. The van der Waals surface area contributed by atoms with Gasteiger partial charge in [-0.15, -0.1) is 0 Å². The summed E-state index contributed by atoms with van der Waals surface area (Å²) < 4.78 is 44.1. The number of hydrogen-bond donors (Lipinski definition) is 0. The lowest BCUT2D eigenvalue weighted by Gasteiger charge is -2.09. The van der Waals surface area contributed by atoms with Crippen molar-refractivity contribution in [3.05, 3.63) is 157 Å². The first-order valence-electron chi connectivity index (χ1n) is 19.2. The molecule has 0 atom stereocenters. The molecule has 7 aromatic rings. The molecule has 0 radical (unpaired) electrons. The summed E-state index contributed by atoms with van der Waals surface area (Å²) in [6.07, 6.45) is 15.9. The van der Waals surface area contributed by atoms with Gasteiger partial charge in [-0.25, -0.2) is 0 Å². The molecule has 0 spiro atoms. The van der Waals surface area contributed by atoms with Crippen LogP contribution in [-0.2, 0) is 6.54 Å². The molecule has 9 heteroatoms. The quantitative estimate of drug-likeness (QED) is 0.0498. The summed E-state index contributed by atoms with van der Waals surface area (Å²) in [5.41, 5.74) is 5.26. The maximum Gasteiger partial charge on any atom is 0.673 e. The zero-order valence-corrected chi connectivity index (χ0v) is 33.1. The van der Waals surface area contributed by atoms with Gasteiger partial charge < -0.3 is 21.8 Å². The number of nitrogens with zero attached hydrogens (tertiary/aromatic N) is 2. The summed E-state index contributed by atoms with van der Waals surface area (Å²) in [4.78, 5) is 5.15. The Bertz CT molecular complexity index is 2610. The maximum atomic E-state index is 9.75. The van der Waals surface area contributed by atoms with Crippen molar-refractivity contribution in [1.82, 2.24) is 4.57 Å². The highest BCUT2D eigenvalue weighted by Crippen LogP contribution is 2.42. The largest absolute Gasteiger partial charge is 0.673 e. The molecule has 2 heterocycles. The predicted molar refractivity (Wildman–Crippen MR) is 231 cm³/mol. The molecule has 1 aliphatic rings. The van der Waals surface area contributed by atoms with E-state index in [1.54, 1.807) is 0 Å². The summed E-state index contributed by atoms with van der Waals surface area (Å²) in [6.45, 7) is 6.58. The Kier molecular flexibility index (Phi) is 12.5. The Morgan fingerprint density at radius 1 is 0.607 bits per heavy atom. The minimum atomic E-state index is -6.00. The third-order valence-electron chi connectivity index (χ3n) is 9.82. The molecular formula is C47H43BF4N2S2. The van der Waals surface area contributed by atoms with Crippen molar-refractivity contribution in [2.75, 3.05) is 6.54 Å². The van der Waals surface area contributed by atoms with E-state index in [1.807, 2.05) is 23.5 Å². The molecule has 0 saturated carbocycles. The normalized spacial score (nSPS) is 13.3. The van der Waals surface area contributed by atoms with E-state index in [4.69, 9.17) is 0 Å². The topological polar surface area (TPSA) is 7.94 Å². The molecule has 1 aliphatic heterocycles. The average Bonchev–Trinajstić information content (AvgIpc) is 3.67. The van der Waals surface area contributed by atoms with Gasteiger partial charge in [-0.1, -0.05) is 135 Å². The summed E-state index contributed by atoms with van der Waals surface area (Å²) >= 11 is 3.70. The van der Waals surface area contributed by atoms with Crippen LogP contribution in [0.15, 0.2) is 165 Å². The molecule has 0 amide bonds. The smallest absolute Gasteiger partial charge is 0.418 e. The lowest BCUT2D eigenvalue weighted by atomic mass is 10.0. The van der Waals surface area contributed by atoms with E-state index >= 15 is 0 Å². The van der Waals surface area contributed by atoms with Crippen LogP contribution in [0.3, 0.4) is 0 Å². The molecule has 0 saturated heterocycles. The van der Waals surface area contributed by atoms with Gasteiger partial charge in [0.15, 0.2) is 0 Å². The minimum absolute atomic E-state index is 1.01. The van der Waals surface area contributed by atoms with Crippen molar-refractivity contribution in [3.63, 3.8) is 0 Å². The summed E-state index contributed by atoms with van der Waals surface area (Å²) in [7, 11) is -6.00. The van der Waals surface area contributed by atoms with Crippen LogP contribution >= 0.6 is 23.5 Å². The first kappa shape index (κ1) is 39.3. The maximum absolute atomic E-state index is 9.75. The van der Waals surface area contributed by atoms with Crippen LogP contribution in [0.1, 0.15) is 45.1 Å². The highest BCUT2D eigenvalue weighted by Gasteiger charge is 2.31. The van der Waals surface area contributed by atoms with Crippen LogP contribution in [0.25, 0.3) is 38.5 Å². The van der Waals surface area contributed by atoms with Crippen LogP contribution in [0.4, 0.5) is 23.0 Å². The van der Waals surface area contributed by atoms with Crippen LogP contribution in [0, 0.1) is 0 Å². The van der Waals surface area contributed by atoms with Gasteiger partial charge >= 0.3 is 7.25 Å². The van der Waals surface area contributed by atoms with Gasteiger partial charge in [-0.05, 0) is 66.4 Å². The number of unbranched alkanes of at least 4 members (excludes halogenated alkanes) is 2. The van der Waals surface area contributed by atoms with Crippen LogP contribution in [-0.4, -0.2) is 28.7 Å². The Morgan fingerprint density at radius 2 is 1.20 bits per heavy atom. The first-order chi connectivity index (χ1) is 27.2. The van der Waals surface area contributed by atoms with Crippen LogP contribution < -0.4 is 5.35 Å². The Hall–Kier alpha value is -4.99. The second-order valence-corrected chi connectivity index (χ2v) is 15.9. The number of aromatic nitrogens is 1. The van der Waals surface area contributed by atoms with E-state index in [2.05, 4.69) is 175 Å². The first-order valence-corrected chi connectivity index (χ1v) is 20.8. The van der Waals surface area contributed by atoms with E-state index in [1.165, 1.54) is 87.2 Å². The number of benzene rings is 6. The SMILES string of the molecule is CCCCn1\c(=C/C=C/C=C/C2=[N+](CCCC)c3ccc(Sc4ccccc4)c4cccc2c34)c2cccc3c(Sc4ccccc4)ccc1c32.F[B-](F)(F)F. The van der Waals surface area contributed by atoms with Crippen LogP contribution in [0.2, 0.25) is 0 Å². The average molecular weight is 787 g/mol. The van der Waals surface area contributed by atoms with Crippen molar-refractivity contribution in [2.24, 2.45) is 0 Å². The number of rotatable bonds is 13. The number of hydrogen-bond acceptors (Lipinski definition) is 2. The van der Waals surface area contributed by atoms with Gasteiger partial charge in [0.05, 0.1) is 10.9 Å². The predicted octanol–water partition coefficient (Wildman–Crippen LogP) is 13.9. The molecule has 0 unspecified atom stereocenters. The lowest BCUT2D eigenvalue weighted by molar-refractivity contribution is -0.436. The summed E-state index contributed by atoms with van der Waals surface area (Å²) in [5.74, 6) is 0. The van der Waals surface area contributed by atoms with Crippen molar-refractivity contribution in [3.8, 4) is 0 Å². The monoisotopic (exact) mass is 786 g/mol. The molecule has 1 aromatic heterocycles. The van der Waals surface area contributed by atoms with E-state index < -0.39 is 7.25 Å². The standard InChI is InChI=1S/C47H43N2S2.BF4/c1-3-5-32-48-40(36-22-16-24-38-44(30-28-42(48)46(36)38)50-34-18-10-7-11-19-34)26-14-9-15-27-41-37-23-17-25-39-45(51-35-20-12-8-13-21-35)31-29-43(47(37)39)49(41)33-6-4-2;2-1(3,4)5/h7-31H,3-6,32-33H2,1-2H3;/q+1;-1. The van der Waals surface area contributed by atoms with Gasteiger partial charge in [-0.2, -0.15) is 4.58 Å². The fourth-order valence-electron chi connectivity index (χ4n) is 7.39. The fraction of sp³-hybridized carbons (Fsp3) is 0.170. The molecule has 0 N–H and O–H groups in total. The van der Waals surface area contributed by atoms with Gasteiger partial charge in [-0.3, -0.25) is 0 Å². The van der Waals surface area contributed by atoms with Gasteiger partial charge in [0.1, 0.15) is 6.54 Å². The lowest BCUT2D eigenvalue weighted by Crippen LogP contribution is -2.16. The summed E-state index contributed by atoms with van der Waals surface area (Å²) in [5, 5.41) is 8.01. The van der Waals surface area contributed by atoms with E-state index in [9.17, 15) is 17.3 Å². The second kappa shape index (κ2) is 17.9. The van der Waals surface area contributed by atoms with Gasteiger partial charge in [0.25, 0.3) is 0 Å². The number of allylic oxidation sites excluding steroid dienone is 4. The third-order valence-corrected chi connectivity index (χ3v) is 12.0. The Morgan fingerprint density at radius 3 is 1.84 bits per heavy atom. The fourth-order valence-corrected chi connectivity index (χ4v) is 9.32. The zero-order chi connectivity index (χ0) is 39.1. The van der Waals surface area contributed by atoms with E-state index in [-0.39, 0.29) is 0 Å². The van der Waals surface area contributed by atoms with Crippen molar-refractivity contribution >= 4 is 80.7 Å². The second-order valence-electron chi connectivity index (χ2n) is 13.6. The molecule has 8 rings (SSSR count). The van der Waals surface area contributed by atoms with Crippen molar-refractivity contribution < 1.29 is 21.8 Å². The molecular weight excluding hydrogens is 743 g/mol. The zero-order valence-electron chi connectivity index (χ0n) is 31.5. The van der Waals surface area contributed by atoms with Crippen molar-refractivity contribution in [1.29, 1.82) is 0 Å². The van der Waals surface area contributed by atoms with Gasteiger partial charge in [0, 0.05) is 71.7 Å². The molecule has 56 heavy (non-hydrogen) atoms. The molecule has 0 fully saturated rings. The molecule has 6 aromatic carbocycles. The molecule has 2 nitrogen and oxygen atoms in total. The highest BCUT2D eigenvalue weighted by atomic mass is 32.2. The van der Waals surface area contributed by atoms with E-state index in [0.717, 1.165) is 25.9 Å². The summed E-state index contributed by atoms with van der Waals surface area (Å²) in [6, 6.07) is 44.3. The number of aryl methyl sites for hydroxylation is 1. The van der Waals surface area contributed by atoms with E-state index in [0.29, 0.717) is 0 Å². The van der Waals surface area contributed by atoms with Crippen molar-refractivity contribution in [2.45, 2.75) is 65.7 Å². The Balaban J connectivity index is 0.000000905. The highest BCUT2D eigenvalue weighted by molar-refractivity contribution is 7.99. The van der Waals surface area contributed by atoms with Crippen LogP contribution in [0.5, 0.6) is 0 Å². The third kappa shape index (κ3) is 8.85. The number of halogens is 4.